The van der Waals surface area contributed by atoms with E-state index in [9.17, 15) is 26.7 Å². The van der Waals surface area contributed by atoms with Gasteiger partial charge in [-0.25, -0.2) is 18.7 Å². The van der Waals surface area contributed by atoms with E-state index in [-0.39, 0.29) is 5.39 Å². The third-order valence-corrected chi connectivity index (χ3v) is 4.12. The number of halogens is 5. The van der Waals surface area contributed by atoms with Gasteiger partial charge in [-0.2, -0.15) is 13.2 Å². The van der Waals surface area contributed by atoms with E-state index in [1.54, 1.807) is 0 Å². The Hall–Kier alpha value is -2.84. The van der Waals surface area contributed by atoms with Crippen LogP contribution in [-0.4, -0.2) is 14.5 Å². The van der Waals surface area contributed by atoms with Crippen molar-refractivity contribution in [2.24, 2.45) is 0 Å². The van der Waals surface area contributed by atoms with Crippen molar-refractivity contribution in [2.45, 2.75) is 32.5 Å². The standard InChI is InChI=1S/C18H14F5N3O/c1-2-3-5-26-6-4-10-7-12(14(19)15(20)13(10)17(26)27)16-24-8-11(9-25-16)18(21,22)23/h4,6-9H,2-3,5H2,1H3. The summed E-state index contributed by atoms with van der Waals surface area (Å²) < 4.78 is 68.1. The molecule has 0 N–H and O–H groups in total. The van der Waals surface area contributed by atoms with Crippen LogP contribution in [0.4, 0.5) is 22.0 Å². The number of alkyl halides is 3. The van der Waals surface area contributed by atoms with Gasteiger partial charge >= 0.3 is 6.18 Å². The molecule has 3 rings (SSSR count). The van der Waals surface area contributed by atoms with Crippen molar-refractivity contribution in [1.82, 2.24) is 14.5 Å². The van der Waals surface area contributed by atoms with Crippen molar-refractivity contribution < 1.29 is 22.0 Å². The van der Waals surface area contributed by atoms with Crippen molar-refractivity contribution in [3.63, 3.8) is 0 Å². The fourth-order valence-corrected chi connectivity index (χ4v) is 2.66. The molecule has 142 valence electrons. The molecule has 0 amide bonds. The van der Waals surface area contributed by atoms with Gasteiger partial charge in [-0.15, -0.1) is 0 Å². The van der Waals surface area contributed by atoms with E-state index in [0.29, 0.717) is 25.4 Å². The van der Waals surface area contributed by atoms with Crippen LogP contribution >= 0.6 is 0 Å². The van der Waals surface area contributed by atoms with Crippen molar-refractivity contribution >= 4 is 10.8 Å². The molecule has 0 spiro atoms. The SMILES string of the molecule is CCCCn1ccc2cc(-c3ncc(C(F)(F)F)cn3)c(F)c(F)c2c1=O. The number of hydrogen-bond acceptors (Lipinski definition) is 3. The highest BCUT2D eigenvalue weighted by atomic mass is 19.4. The number of hydrogen-bond donors (Lipinski definition) is 0. The van der Waals surface area contributed by atoms with Crippen LogP contribution in [0, 0.1) is 11.6 Å². The van der Waals surface area contributed by atoms with E-state index in [0.717, 1.165) is 12.5 Å². The molecule has 0 fully saturated rings. The van der Waals surface area contributed by atoms with Crippen LogP contribution in [0.3, 0.4) is 0 Å². The van der Waals surface area contributed by atoms with Crippen LogP contribution in [0.15, 0.2) is 35.5 Å². The zero-order valence-electron chi connectivity index (χ0n) is 14.1. The molecular weight excluding hydrogens is 369 g/mol. The Labute approximate surface area is 150 Å². The van der Waals surface area contributed by atoms with Crippen LogP contribution in [0.5, 0.6) is 0 Å². The maximum absolute atomic E-state index is 14.6. The van der Waals surface area contributed by atoms with E-state index < -0.39 is 45.7 Å². The third kappa shape index (κ3) is 3.54. The zero-order valence-corrected chi connectivity index (χ0v) is 14.1. The first-order chi connectivity index (χ1) is 12.7. The lowest BCUT2D eigenvalue weighted by Crippen LogP contribution is -2.21. The molecule has 27 heavy (non-hydrogen) atoms. The number of aryl methyl sites for hydroxylation is 1. The number of nitrogens with zero attached hydrogens (tertiary/aromatic N) is 3. The van der Waals surface area contributed by atoms with E-state index in [4.69, 9.17) is 0 Å². The Balaban J connectivity index is 2.13. The highest BCUT2D eigenvalue weighted by Crippen LogP contribution is 2.30. The molecule has 0 saturated heterocycles. The predicted molar refractivity (Wildman–Crippen MR) is 89.1 cm³/mol. The molecule has 9 heteroatoms. The van der Waals surface area contributed by atoms with Gasteiger partial charge in [-0.05, 0) is 23.9 Å². The van der Waals surface area contributed by atoms with E-state index in [1.165, 1.54) is 16.8 Å². The quantitative estimate of drug-likeness (QED) is 0.621. The van der Waals surface area contributed by atoms with Gasteiger partial charge in [0.05, 0.1) is 16.5 Å². The van der Waals surface area contributed by atoms with Gasteiger partial charge in [0, 0.05) is 25.1 Å². The van der Waals surface area contributed by atoms with Crippen LogP contribution in [0.1, 0.15) is 25.3 Å². The first-order valence-electron chi connectivity index (χ1n) is 8.14. The highest BCUT2D eigenvalue weighted by Gasteiger charge is 2.31. The number of aromatic nitrogens is 3. The summed E-state index contributed by atoms with van der Waals surface area (Å²) in [5.41, 5.74) is -2.19. The summed E-state index contributed by atoms with van der Waals surface area (Å²) in [6.07, 6.45) is -0.665. The van der Waals surface area contributed by atoms with Crippen molar-refractivity contribution in [1.29, 1.82) is 0 Å². The van der Waals surface area contributed by atoms with Gasteiger partial charge in [-0.3, -0.25) is 4.79 Å². The Morgan fingerprint density at radius 1 is 1.11 bits per heavy atom. The first kappa shape index (κ1) is 18.9. The minimum absolute atomic E-state index is 0.116. The molecule has 2 aromatic heterocycles. The Bertz CT molecular complexity index is 1040. The third-order valence-electron chi connectivity index (χ3n) is 4.12. The van der Waals surface area contributed by atoms with Gasteiger partial charge in [0.25, 0.3) is 5.56 Å². The maximum Gasteiger partial charge on any atom is 0.419 e. The summed E-state index contributed by atoms with van der Waals surface area (Å²) in [6, 6.07) is 2.60. The fourth-order valence-electron chi connectivity index (χ4n) is 2.66. The molecule has 0 radical (unpaired) electrons. The zero-order chi connectivity index (χ0) is 19.8. The number of fused-ring (bicyclic) bond motifs is 1. The average Bonchev–Trinajstić information content (AvgIpc) is 2.63. The van der Waals surface area contributed by atoms with Gasteiger partial charge in [0.1, 0.15) is 0 Å². The number of benzene rings is 1. The monoisotopic (exact) mass is 383 g/mol. The normalized spacial score (nSPS) is 11.9. The van der Waals surface area contributed by atoms with E-state index in [2.05, 4.69) is 9.97 Å². The molecule has 0 aliphatic heterocycles. The van der Waals surface area contributed by atoms with Gasteiger partial charge < -0.3 is 4.57 Å². The molecule has 0 atom stereocenters. The van der Waals surface area contributed by atoms with Gasteiger partial charge in [-0.1, -0.05) is 13.3 Å². The van der Waals surface area contributed by atoms with Gasteiger partial charge in [0.15, 0.2) is 17.5 Å². The molecule has 3 aromatic rings. The lowest BCUT2D eigenvalue weighted by atomic mass is 10.1. The summed E-state index contributed by atoms with van der Waals surface area (Å²) in [6.45, 7) is 2.30. The second-order valence-electron chi connectivity index (χ2n) is 5.98. The second kappa shape index (κ2) is 7.05. The smallest absolute Gasteiger partial charge is 0.315 e. The Morgan fingerprint density at radius 3 is 2.37 bits per heavy atom. The largest absolute Gasteiger partial charge is 0.419 e. The van der Waals surface area contributed by atoms with Crippen molar-refractivity contribution in [2.75, 3.05) is 0 Å². The molecule has 0 saturated carbocycles. The Kier molecular flexibility index (Phi) is 4.95. The molecule has 4 nitrogen and oxygen atoms in total. The minimum atomic E-state index is -4.64. The van der Waals surface area contributed by atoms with Crippen LogP contribution in [0.2, 0.25) is 0 Å². The van der Waals surface area contributed by atoms with Crippen molar-refractivity contribution in [3.05, 3.63) is 58.3 Å². The number of unbranched alkanes of at least 4 members (excludes halogenated alkanes) is 1. The van der Waals surface area contributed by atoms with E-state index >= 15 is 0 Å². The number of pyridine rings is 1. The molecule has 0 bridgehead atoms. The molecule has 0 aliphatic rings. The molecule has 0 unspecified atom stereocenters. The molecular formula is C18H14F5N3O. The molecule has 2 heterocycles. The molecule has 0 aliphatic carbocycles. The predicted octanol–water partition coefficient (Wildman–Crippen LogP) is 4.56. The van der Waals surface area contributed by atoms with E-state index in [1.807, 2.05) is 6.92 Å². The first-order valence-corrected chi connectivity index (χ1v) is 8.14. The molecule has 1 aromatic carbocycles. The Morgan fingerprint density at radius 2 is 1.78 bits per heavy atom. The van der Waals surface area contributed by atoms with Crippen LogP contribution < -0.4 is 5.56 Å². The van der Waals surface area contributed by atoms with Crippen LogP contribution in [0.25, 0.3) is 22.2 Å². The van der Waals surface area contributed by atoms with Gasteiger partial charge in [0.2, 0.25) is 0 Å². The summed E-state index contributed by atoms with van der Waals surface area (Å²) in [5, 5.41) is -0.299. The summed E-state index contributed by atoms with van der Waals surface area (Å²) in [4.78, 5) is 19.4. The summed E-state index contributed by atoms with van der Waals surface area (Å²) in [5.74, 6) is -3.16. The lowest BCUT2D eigenvalue weighted by Gasteiger charge is -2.10. The topological polar surface area (TPSA) is 47.8 Å². The lowest BCUT2D eigenvalue weighted by molar-refractivity contribution is -0.138. The number of rotatable bonds is 4. The van der Waals surface area contributed by atoms with Crippen molar-refractivity contribution in [3.8, 4) is 11.4 Å². The summed E-state index contributed by atoms with van der Waals surface area (Å²) >= 11 is 0. The minimum Gasteiger partial charge on any atom is -0.315 e. The van der Waals surface area contributed by atoms with Crippen LogP contribution in [-0.2, 0) is 12.7 Å². The average molecular weight is 383 g/mol. The second-order valence-corrected chi connectivity index (χ2v) is 5.98. The fraction of sp³-hybridized carbons (Fsp3) is 0.278. The highest BCUT2D eigenvalue weighted by molar-refractivity contribution is 5.86. The maximum atomic E-state index is 14.6. The summed E-state index contributed by atoms with van der Waals surface area (Å²) in [7, 11) is 0.